The zero-order valence-corrected chi connectivity index (χ0v) is 17.6. The topological polar surface area (TPSA) is 100 Å². The third kappa shape index (κ3) is 4.05. The van der Waals surface area contributed by atoms with Crippen LogP contribution in [0.2, 0.25) is 0 Å². The molecular formula is C22H25F2N5O3. The summed E-state index contributed by atoms with van der Waals surface area (Å²) in [5, 5.41) is 13.6. The molecule has 2 amide bonds. The number of anilines is 2. The van der Waals surface area contributed by atoms with Crippen LogP contribution in [0.25, 0.3) is 0 Å². The highest BCUT2D eigenvalue weighted by Crippen LogP contribution is 2.35. The van der Waals surface area contributed by atoms with Gasteiger partial charge in [0.1, 0.15) is 11.6 Å². The molecule has 0 bridgehead atoms. The van der Waals surface area contributed by atoms with Crippen molar-refractivity contribution in [1.82, 2.24) is 15.5 Å². The summed E-state index contributed by atoms with van der Waals surface area (Å²) in [5.74, 6) is -2.62. The van der Waals surface area contributed by atoms with Crippen molar-refractivity contribution in [3.8, 4) is 0 Å². The molecular weight excluding hydrogens is 420 g/mol. The lowest BCUT2D eigenvalue weighted by atomic mass is 9.89. The van der Waals surface area contributed by atoms with E-state index in [1.165, 1.54) is 31.4 Å². The van der Waals surface area contributed by atoms with Crippen molar-refractivity contribution in [3.05, 3.63) is 35.2 Å². The summed E-state index contributed by atoms with van der Waals surface area (Å²) in [4.78, 5) is 25.1. The fourth-order valence-corrected chi connectivity index (χ4v) is 4.82. The van der Waals surface area contributed by atoms with Crippen molar-refractivity contribution in [1.29, 1.82) is 0 Å². The molecule has 3 fully saturated rings. The number of halogens is 2. The monoisotopic (exact) mass is 445 g/mol. The SMILES string of the molecule is O=C1CCC(c2c(F)cc(N3CC(Nc4nnc(C5CCCCC5)o4)C3)cc2F)C(=O)N1. The fraction of sp³-hybridized carbons (Fsp3) is 0.545. The average Bonchev–Trinajstić information content (AvgIpc) is 3.21. The van der Waals surface area contributed by atoms with Crippen LogP contribution in [0, 0.1) is 11.6 Å². The predicted octanol–water partition coefficient (Wildman–Crippen LogP) is 3.22. The second-order valence-electron chi connectivity index (χ2n) is 8.85. The van der Waals surface area contributed by atoms with E-state index in [1.54, 1.807) is 0 Å². The van der Waals surface area contributed by atoms with Crippen LogP contribution in [0.5, 0.6) is 0 Å². The maximum Gasteiger partial charge on any atom is 0.315 e. The molecule has 3 aliphatic rings. The van der Waals surface area contributed by atoms with Gasteiger partial charge in [0.2, 0.25) is 17.7 Å². The summed E-state index contributed by atoms with van der Waals surface area (Å²) in [5.41, 5.74) is 0.123. The lowest BCUT2D eigenvalue weighted by Crippen LogP contribution is -2.55. The van der Waals surface area contributed by atoms with Crippen LogP contribution in [0.1, 0.15) is 68.2 Å². The summed E-state index contributed by atoms with van der Waals surface area (Å²) in [7, 11) is 0. The van der Waals surface area contributed by atoms with Gasteiger partial charge in [-0.3, -0.25) is 14.9 Å². The normalized spacial score (nSPS) is 22.6. The highest BCUT2D eigenvalue weighted by atomic mass is 19.1. The van der Waals surface area contributed by atoms with E-state index in [-0.39, 0.29) is 24.4 Å². The van der Waals surface area contributed by atoms with Gasteiger partial charge in [0.05, 0.1) is 12.0 Å². The Balaban J connectivity index is 1.20. The van der Waals surface area contributed by atoms with Gasteiger partial charge in [-0.25, -0.2) is 8.78 Å². The number of nitrogens with one attached hydrogen (secondary N) is 2. The average molecular weight is 445 g/mol. The van der Waals surface area contributed by atoms with Crippen LogP contribution in [-0.2, 0) is 9.59 Å². The summed E-state index contributed by atoms with van der Waals surface area (Å²) >= 11 is 0. The number of hydrogen-bond donors (Lipinski definition) is 2. The number of hydrogen-bond acceptors (Lipinski definition) is 7. The second kappa shape index (κ2) is 8.48. The zero-order chi connectivity index (χ0) is 22.2. The van der Waals surface area contributed by atoms with E-state index in [0.717, 1.165) is 12.8 Å². The van der Waals surface area contributed by atoms with Crippen molar-refractivity contribution in [2.75, 3.05) is 23.3 Å². The molecule has 0 spiro atoms. The smallest absolute Gasteiger partial charge is 0.315 e. The standard InChI is InChI=1S/C22H25F2N5O3/c23-16-8-14(9-17(24)19(16)15-6-7-18(30)26-20(15)31)29-10-13(11-29)25-22-28-27-21(32-22)12-4-2-1-3-5-12/h8-9,12-13,15H,1-7,10-11H2,(H,25,28)(H,26,30,31). The van der Waals surface area contributed by atoms with Crippen LogP contribution >= 0.6 is 0 Å². The van der Waals surface area contributed by atoms with E-state index in [2.05, 4.69) is 20.8 Å². The van der Waals surface area contributed by atoms with Crippen molar-refractivity contribution in [2.45, 2.75) is 62.8 Å². The molecule has 32 heavy (non-hydrogen) atoms. The second-order valence-corrected chi connectivity index (χ2v) is 8.85. The molecule has 1 aromatic carbocycles. The van der Waals surface area contributed by atoms with Crippen LogP contribution < -0.4 is 15.5 Å². The number of rotatable bonds is 5. The van der Waals surface area contributed by atoms with Gasteiger partial charge in [-0.1, -0.05) is 24.4 Å². The van der Waals surface area contributed by atoms with E-state index in [1.807, 2.05) is 4.90 Å². The van der Waals surface area contributed by atoms with Gasteiger partial charge in [0, 0.05) is 36.7 Å². The molecule has 10 heteroatoms. The molecule has 1 saturated carbocycles. The molecule has 170 valence electrons. The Morgan fingerprint density at radius 1 is 1.03 bits per heavy atom. The summed E-state index contributed by atoms with van der Waals surface area (Å²) in [6.07, 6.45) is 5.93. The summed E-state index contributed by atoms with van der Waals surface area (Å²) in [6, 6.07) is 2.88. The third-order valence-electron chi connectivity index (χ3n) is 6.62. The molecule has 2 aliphatic heterocycles. The van der Waals surface area contributed by atoms with Crippen molar-refractivity contribution in [3.63, 3.8) is 0 Å². The molecule has 1 unspecified atom stereocenters. The Bertz CT molecular complexity index is 1010. The molecule has 1 aliphatic carbocycles. The lowest BCUT2D eigenvalue weighted by Gasteiger charge is -2.41. The van der Waals surface area contributed by atoms with Crippen LogP contribution in [0.3, 0.4) is 0 Å². The quantitative estimate of drug-likeness (QED) is 0.682. The third-order valence-corrected chi connectivity index (χ3v) is 6.62. The Hall–Kier alpha value is -3.04. The number of aromatic nitrogens is 2. The largest absolute Gasteiger partial charge is 0.408 e. The minimum absolute atomic E-state index is 0.0237. The van der Waals surface area contributed by atoms with E-state index in [0.29, 0.717) is 36.6 Å². The molecule has 2 N–H and O–H groups in total. The van der Waals surface area contributed by atoms with Crippen LogP contribution in [0.15, 0.2) is 16.5 Å². The summed E-state index contributed by atoms with van der Waals surface area (Å²) < 4.78 is 35.2. The highest BCUT2D eigenvalue weighted by molar-refractivity contribution is 6.01. The first-order valence-electron chi connectivity index (χ1n) is 11.2. The van der Waals surface area contributed by atoms with Crippen LogP contribution in [-0.4, -0.2) is 41.1 Å². The molecule has 2 saturated heterocycles. The Labute approximate surface area is 183 Å². The number of benzene rings is 1. The van der Waals surface area contributed by atoms with E-state index < -0.39 is 29.4 Å². The zero-order valence-electron chi connectivity index (χ0n) is 17.6. The molecule has 8 nitrogen and oxygen atoms in total. The van der Waals surface area contributed by atoms with Crippen molar-refractivity contribution < 1.29 is 22.8 Å². The van der Waals surface area contributed by atoms with Gasteiger partial charge in [0.15, 0.2) is 0 Å². The van der Waals surface area contributed by atoms with Gasteiger partial charge in [-0.2, -0.15) is 0 Å². The number of nitrogens with zero attached hydrogens (tertiary/aromatic N) is 3. The minimum atomic E-state index is -0.997. The lowest BCUT2D eigenvalue weighted by molar-refractivity contribution is -0.134. The first-order chi connectivity index (χ1) is 15.5. The predicted molar refractivity (Wildman–Crippen MR) is 111 cm³/mol. The van der Waals surface area contributed by atoms with Gasteiger partial charge >= 0.3 is 6.01 Å². The van der Waals surface area contributed by atoms with Gasteiger partial charge in [-0.15, -0.1) is 5.10 Å². The molecule has 5 rings (SSSR count). The molecule has 0 radical (unpaired) electrons. The van der Waals surface area contributed by atoms with E-state index in [9.17, 15) is 18.4 Å². The Morgan fingerprint density at radius 2 is 1.75 bits per heavy atom. The Kier molecular flexibility index (Phi) is 5.52. The summed E-state index contributed by atoms with van der Waals surface area (Å²) in [6.45, 7) is 1.05. The molecule has 2 aromatic rings. The maximum absolute atomic E-state index is 14.7. The number of imide groups is 1. The van der Waals surface area contributed by atoms with Gasteiger partial charge < -0.3 is 14.6 Å². The number of amides is 2. The van der Waals surface area contributed by atoms with Crippen molar-refractivity contribution in [2.24, 2.45) is 0 Å². The molecule has 1 atom stereocenters. The minimum Gasteiger partial charge on any atom is -0.408 e. The fourth-order valence-electron chi connectivity index (χ4n) is 4.82. The number of piperidine rings is 1. The highest BCUT2D eigenvalue weighted by Gasteiger charge is 2.34. The van der Waals surface area contributed by atoms with Crippen molar-refractivity contribution >= 4 is 23.5 Å². The van der Waals surface area contributed by atoms with Crippen LogP contribution in [0.4, 0.5) is 20.5 Å². The molecule has 3 heterocycles. The van der Waals surface area contributed by atoms with E-state index in [4.69, 9.17) is 4.42 Å². The van der Waals surface area contributed by atoms with Gasteiger partial charge in [-0.05, 0) is 31.4 Å². The first-order valence-corrected chi connectivity index (χ1v) is 11.2. The first kappa shape index (κ1) is 20.8. The molecule has 1 aromatic heterocycles. The maximum atomic E-state index is 14.7. The number of carbonyl (C=O) groups excluding carboxylic acids is 2. The van der Waals surface area contributed by atoms with E-state index >= 15 is 0 Å². The Morgan fingerprint density at radius 3 is 2.44 bits per heavy atom. The number of carbonyl (C=O) groups is 2. The van der Waals surface area contributed by atoms with Gasteiger partial charge in [0.25, 0.3) is 0 Å².